The van der Waals surface area contributed by atoms with Gasteiger partial charge in [-0.15, -0.1) is 11.3 Å². The van der Waals surface area contributed by atoms with Crippen LogP contribution < -0.4 is 4.90 Å². The summed E-state index contributed by atoms with van der Waals surface area (Å²) in [4.78, 5) is 59.2. The number of hydrogen-bond acceptors (Lipinski definition) is 7. The highest BCUT2D eigenvalue weighted by atomic mass is 35.5. The van der Waals surface area contributed by atoms with Crippen LogP contribution in [0.2, 0.25) is 5.02 Å². The maximum absolute atomic E-state index is 14.8. The number of amides is 4. The number of rotatable bonds is 3. The number of carbonyl (C=O) groups excluding carboxylic acids is 4. The van der Waals surface area contributed by atoms with Gasteiger partial charge in [-0.2, -0.15) is 5.10 Å². The lowest BCUT2D eigenvalue weighted by molar-refractivity contribution is -0.138. The maximum atomic E-state index is 14.8. The number of phenolic OH excluding ortho intramolecular Hbond substituents is 1. The highest BCUT2D eigenvalue weighted by Gasteiger charge is 2.67. The van der Waals surface area contributed by atoms with E-state index in [2.05, 4.69) is 0 Å². The number of hydrogen-bond donors (Lipinski definition) is 1. The lowest BCUT2D eigenvalue weighted by Gasteiger charge is -2.49. The van der Waals surface area contributed by atoms with Gasteiger partial charge in [0.15, 0.2) is 0 Å². The van der Waals surface area contributed by atoms with Crippen LogP contribution in [0.25, 0.3) is 20.7 Å². The molecule has 9 nitrogen and oxygen atoms in total. The summed E-state index contributed by atoms with van der Waals surface area (Å²) in [5.74, 6) is -3.53. The van der Waals surface area contributed by atoms with Crippen molar-refractivity contribution in [2.24, 2.45) is 36.1 Å². The van der Waals surface area contributed by atoms with Crippen LogP contribution >= 0.6 is 22.9 Å². The first-order valence-electron chi connectivity index (χ1n) is 15.3. The van der Waals surface area contributed by atoms with Crippen LogP contribution in [0.1, 0.15) is 36.8 Å². The summed E-state index contributed by atoms with van der Waals surface area (Å²) in [5, 5.41) is 16.9. The van der Waals surface area contributed by atoms with Crippen molar-refractivity contribution in [3.63, 3.8) is 0 Å². The molecule has 2 aliphatic heterocycles. The van der Waals surface area contributed by atoms with E-state index in [4.69, 9.17) is 16.7 Å². The summed E-state index contributed by atoms with van der Waals surface area (Å²) in [6, 6.07) is 14.3. The van der Waals surface area contributed by atoms with Crippen LogP contribution in [0.15, 0.2) is 60.2 Å². The summed E-state index contributed by atoms with van der Waals surface area (Å²) in [6.07, 6.45) is 2.66. The number of thiophene rings is 1. The minimum Gasteiger partial charge on any atom is -0.508 e. The number of aromatic hydroxyl groups is 1. The van der Waals surface area contributed by atoms with Crippen LogP contribution in [0, 0.1) is 36.0 Å². The number of aryl methyl sites for hydroxylation is 2. The van der Waals surface area contributed by atoms with Crippen molar-refractivity contribution in [3.8, 4) is 16.3 Å². The Labute approximate surface area is 274 Å². The number of benzene rings is 2. The number of likely N-dealkylation sites (tertiary alicyclic amines) is 1. The molecule has 46 heavy (non-hydrogen) atoms. The van der Waals surface area contributed by atoms with Crippen molar-refractivity contribution >= 4 is 62.5 Å². The van der Waals surface area contributed by atoms with Crippen LogP contribution in [0.5, 0.6) is 5.75 Å². The number of carbonyl (C=O) groups is 4. The van der Waals surface area contributed by atoms with E-state index in [1.165, 1.54) is 16.8 Å². The van der Waals surface area contributed by atoms with E-state index in [-0.39, 0.29) is 35.8 Å². The van der Waals surface area contributed by atoms with Gasteiger partial charge in [-0.1, -0.05) is 35.4 Å². The maximum Gasteiger partial charge on any atom is 0.242 e. The summed E-state index contributed by atoms with van der Waals surface area (Å²) in [7, 11) is 3.24. The van der Waals surface area contributed by atoms with Gasteiger partial charge in [0.25, 0.3) is 0 Å². The molecule has 2 aromatic heterocycles. The molecule has 234 valence electrons. The number of fused-ring (bicyclic) bond motifs is 5. The molecule has 4 amide bonds. The summed E-state index contributed by atoms with van der Waals surface area (Å²) in [6.45, 7) is 3.84. The molecule has 4 aromatic rings. The van der Waals surface area contributed by atoms with Gasteiger partial charge in [-0.25, -0.2) is 4.90 Å². The average molecular weight is 655 g/mol. The van der Waals surface area contributed by atoms with Crippen molar-refractivity contribution in [1.82, 2.24) is 14.7 Å². The second kappa shape index (κ2) is 9.86. The number of aromatic nitrogens is 2. The lowest BCUT2D eigenvalue weighted by atomic mass is 9.51. The number of anilines is 1. The summed E-state index contributed by atoms with van der Waals surface area (Å²) >= 11 is 7.85. The van der Waals surface area contributed by atoms with Gasteiger partial charge in [0.2, 0.25) is 23.6 Å². The van der Waals surface area contributed by atoms with Crippen LogP contribution in [-0.2, 0) is 26.2 Å². The van der Waals surface area contributed by atoms with E-state index in [9.17, 15) is 24.3 Å². The fraction of sp³-hybridized carbons (Fsp3) is 0.343. The first kappa shape index (κ1) is 29.1. The van der Waals surface area contributed by atoms with Gasteiger partial charge in [0, 0.05) is 35.8 Å². The van der Waals surface area contributed by atoms with Gasteiger partial charge in [0.1, 0.15) is 17.3 Å². The topological polar surface area (TPSA) is 113 Å². The molecule has 0 spiro atoms. The Bertz CT molecular complexity index is 2080. The highest BCUT2D eigenvalue weighted by Crippen LogP contribution is 2.63. The van der Waals surface area contributed by atoms with Gasteiger partial charge in [0.05, 0.1) is 28.0 Å². The molecule has 8 rings (SSSR count). The van der Waals surface area contributed by atoms with E-state index in [0.29, 0.717) is 28.5 Å². The third kappa shape index (κ3) is 3.77. The first-order chi connectivity index (χ1) is 21.9. The Hall–Kier alpha value is -4.28. The lowest BCUT2D eigenvalue weighted by Crippen LogP contribution is -2.48. The van der Waals surface area contributed by atoms with Crippen LogP contribution in [0.3, 0.4) is 0 Å². The van der Waals surface area contributed by atoms with E-state index in [0.717, 1.165) is 26.1 Å². The van der Waals surface area contributed by atoms with Crippen molar-refractivity contribution < 1.29 is 24.3 Å². The average Bonchev–Trinajstić information content (AvgIpc) is 3.68. The van der Waals surface area contributed by atoms with Gasteiger partial charge in [-0.3, -0.25) is 28.8 Å². The summed E-state index contributed by atoms with van der Waals surface area (Å²) < 4.78 is 2.63. The molecule has 1 N–H and O–H groups in total. The number of phenols is 1. The normalized spacial score (nSPS) is 29.0. The monoisotopic (exact) mass is 654 g/mol. The second-order valence-electron chi connectivity index (χ2n) is 13.2. The van der Waals surface area contributed by atoms with Gasteiger partial charge in [-0.05, 0) is 79.5 Å². The van der Waals surface area contributed by atoms with Crippen LogP contribution in [-0.4, -0.2) is 50.5 Å². The van der Waals surface area contributed by atoms with Crippen molar-refractivity contribution in [1.29, 1.82) is 0 Å². The Balaban J connectivity index is 1.25. The van der Waals surface area contributed by atoms with E-state index in [1.807, 2.05) is 44.2 Å². The Morgan fingerprint density at radius 2 is 1.78 bits per heavy atom. The van der Waals surface area contributed by atoms with Gasteiger partial charge >= 0.3 is 0 Å². The van der Waals surface area contributed by atoms with Crippen LogP contribution in [0.4, 0.5) is 5.82 Å². The molecule has 3 fully saturated rings. The molecule has 11 heteroatoms. The zero-order valence-corrected chi connectivity index (χ0v) is 27.2. The molecule has 0 radical (unpaired) electrons. The second-order valence-corrected chi connectivity index (χ2v) is 14.7. The largest absolute Gasteiger partial charge is 0.508 e. The molecule has 2 aromatic carbocycles. The Morgan fingerprint density at radius 1 is 1.00 bits per heavy atom. The SMILES string of the molecule is Cc1c(-c2cc(N3C(=O)C4CC5C(=CCC6C(=O)N(C)C(=O)C65)C(c5cccc(O)c5)C4(C)C3=O)n(C)n2)sc2ccc(Cl)cc12. The number of allylic oxidation sites excluding steroid dienone is 2. The molecule has 6 atom stereocenters. The Kier molecular flexibility index (Phi) is 6.25. The highest BCUT2D eigenvalue weighted by molar-refractivity contribution is 7.22. The van der Waals surface area contributed by atoms with E-state index >= 15 is 0 Å². The van der Waals surface area contributed by atoms with Crippen molar-refractivity contribution in [2.75, 3.05) is 11.9 Å². The van der Waals surface area contributed by atoms with Gasteiger partial charge < -0.3 is 5.11 Å². The fourth-order valence-corrected chi connectivity index (χ4v) is 10.0. The zero-order chi connectivity index (χ0) is 32.4. The molecule has 0 bridgehead atoms. The van der Waals surface area contributed by atoms with E-state index < -0.39 is 35.0 Å². The third-order valence-corrected chi connectivity index (χ3v) is 12.4. The smallest absolute Gasteiger partial charge is 0.242 e. The molecule has 2 aliphatic carbocycles. The third-order valence-electron chi connectivity index (χ3n) is 10.9. The Morgan fingerprint density at radius 3 is 2.54 bits per heavy atom. The standard InChI is InChI=1S/C35H31ClN4O5S/c1-16-22-13-18(36)8-11-26(22)46-30(16)25-15-27(39(4)37-25)40-32(43)24-14-23-20(9-10-21-28(23)33(44)38(3)31(21)42)29(35(24,2)34(40)45)17-6-5-7-19(41)12-17/h5-9,11-13,15,21,23-24,28-29,41H,10,14H2,1-4H3. The molecular weight excluding hydrogens is 624 g/mol. The zero-order valence-electron chi connectivity index (χ0n) is 25.7. The molecule has 6 unspecified atom stereocenters. The van der Waals surface area contributed by atoms with E-state index in [1.54, 1.807) is 47.3 Å². The predicted octanol–water partition coefficient (Wildman–Crippen LogP) is 5.83. The molecule has 4 aliphatic rings. The van der Waals surface area contributed by atoms with Crippen molar-refractivity contribution in [2.45, 2.75) is 32.6 Å². The molecule has 2 saturated heterocycles. The summed E-state index contributed by atoms with van der Waals surface area (Å²) in [5.41, 5.74) is 2.04. The predicted molar refractivity (Wildman–Crippen MR) is 174 cm³/mol. The minimum atomic E-state index is -1.20. The minimum absolute atomic E-state index is 0.0470. The molecule has 4 heterocycles. The van der Waals surface area contributed by atoms with Crippen molar-refractivity contribution in [3.05, 3.63) is 76.3 Å². The number of nitrogens with zero attached hydrogens (tertiary/aromatic N) is 4. The fourth-order valence-electron chi connectivity index (χ4n) is 8.69. The molecular formula is C35H31ClN4O5S. The number of imide groups is 2. The first-order valence-corrected chi connectivity index (χ1v) is 16.5. The number of halogens is 1. The quantitative estimate of drug-likeness (QED) is 0.220. The molecule has 1 saturated carbocycles.